The molecule has 5 N–H and O–H groups in total. The number of imidazole rings is 6. The number of benzene rings is 6. The highest BCUT2D eigenvalue weighted by Crippen LogP contribution is 2.36. The van der Waals surface area contributed by atoms with Crippen LogP contribution in [0.4, 0.5) is 13.2 Å². The fourth-order valence-electron chi connectivity index (χ4n) is 14.2. The molecule has 0 aliphatic rings. The Kier molecular flexibility index (Phi) is 29.6. The minimum absolute atomic E-state index is 0.0693. The lowest BCUT2D eigenvalue weighted by molar-refractivity contribution is -0.159. The van der Waals surface area contributed by atoms with Crippen molar-refractivity contribution < 1.29 is 77.8 Å². The largest absolute Gasteiger partial charge is 0.491 e. The number of hydrogen-bond donors (Lipinski definition) is 3. The fourth-order valence-corrected chi connectivity index (χ4v) is 15.2. The Morgan fingerprint density at radius 3 is 1.05 bits per heavy atom. The monoisotopic (exact) mass is 2010 g/mol. The van der Waals surface area contributed by atoms with Crippen LogP contribution in [0.15, 0.2) is 303 Å². The van der Waals surface area contributed by atoms with Gasteiger partial charge in [-0.1, -0.05) is 98.6 Å². The van der Waals surface area contributed by atoms with Gasteiger partial charge in [-0.05, 0) is 145 Å². The van der Waals surface area contributed by atoms with Gasteiger partial charge in [0.15, 0.2) is 43.7 Å². The lowest BCUT2D eigenvalue weighted by atomic mass is 10.1. The number of rotatable bonds is 27. The van der Waals surface area contributed by atoms with Gasteiger partial charge in [0, 0.05) is 125 Å². The highest BCUT2D eigenvalue weighted by atomic mass is 32.2. The number of halogens is 3. The van der Waals surface area contributed by atoms with E-state index in [1.807, 2.05) is 213 Å². The molecule has 0 radical (unpaired) electrons. The Balaban J connectivity index is 0.000000115. The number of sulfone groups is 1. The maximum Gasteiger partial charge on any atom is 0.471 e. The standard InChI is InChI=1S/C18H14F3N5O3.C16H13N5O3S.C16H11N5O3.C16H13N5OS.C16H18N4O2.C15H10N6O2/c1-27-5-6-28-13-8-11(14-10-26-15(23-14)3-2-4-22-26)7-12(9-13)16-24-17(29-25-16)18(19,20)21;1-25(22,23)10-15-19-16(20-24-15)12-5-2-4-11(8-12)13-9-21-14(18-13)6-3-7-17-21;22-15(23)8-14-19-16(20-24-14)11-4-1-3-10(7-11)12-9-21-13(18-12)5-2-6-17-21;1-23-10-15-19-16(20-22-15)12-5-2-4-11(8-12)13-9-21-14(18-13)6-3-7-17-21;1-21-5-6-22-14-8-12(10-17)7-13(9-14)15-11-20-16(19-15)3-2-4-18-20;16-13(22)15-19-14(20-23-15)10-4-1-3-9(7-10)11-8-21-12(18-11)5-2-6-17-21/h2-4,7-10H,5-6H2,1H3;2-9H,10H2,1H3;1-7,9H,8H2,(H,22,23);2-9H,10H2,1H3;2-4,7-9,11H,5-6,10,17H2,1H3;1-8H,(H2,16,22). The SMILES string of the molecule is COCCOc1cc(-c2cn3ncccc3n2)cc(-c2noc(C(F)(F)F)n2)c1.COCCOc1cc(CN)cc(-c2cn3ncccc3n2)c1.CS(=O)(=O)Cc1nc(-c2cccc(-c3cn4ncccc4n3)c2)no1.CSCc1nc(-c2cccc(-c3cn4ncccc4n3)c2)no1.NC(=O)c1nc(-c2cccc(-c3cn4ncccc4n3)c2)no1.O=C(O)Cc1nc(-c2cccc(-c3cn4ncccc4n3)c2)no1. The number of nitrogens with two attached hydrogens (primary N) is 2. The minimum atomic E-state index is -4.73. The first-order valence-corrected chi connectivity index (χ1v) is 47.3. The fraction of sp³-hybridized carbons (Fsp3) is 0.134. The molecule has 0 aliphatic carbocycles. The summed E-state index contributed by atoms with van der Waals surface area (Å²) in [4.78, 5) is 69.0. The van der Waals surface area contributed by atoms with Crippen LogP contribution in [0.2, 0.25) is 0 Å². The van der Waals surface area contributed by atoms with E-state index in [-0.39, 0.29) is 42.3 Å². The van der Waals surface area contributed by atoms with Crippen molar-refractivity contribution in [2.75, 3.05) is 53.2 Å². The van der Waals surface area contributed by atoms with Crippen LogP contribution in [0.3, 0.4) is 0 Å². The summed E-state index contributed by atoms with van der Waals surface area (Å²) >= 11 is 1.65. The Morgan fingerprint density at radius 2 is 0.705 bits per heavy atom. The molecule has 734 valence electrons. The molecule has 0 saturated carbocycles. The number of alkyl halides is 3. The molecule has 23 rings (SSSR count). The summed E-state index contributed by atoms with van der Waals surface area (Å²) in [5.74, 6) is 0.312. The van der Waals surface area contributed by atoms with E-state index in [0.717, 1.165) is 113 Å². The van der Waals surface area contributed by atoms with Crippen molar-refractivity contribution in [3.8, 4) is 136 Å². The molecule has 0 unspecified atom stereocenters. The second kappa shape index (κ2) is 44.4. The van der Waals surface area contributed by atoms with Crippen LogP contribution in [-0.2, 0) is 54.8 Å². The first-order valence-electron chi connectivity index (χ1n) is 43.8. The third kappa shape index (κ3) is 24.3. The third-order valence-corrected chi connectivity index (χ3v) is 22.1. The molecular weight excluding hydrogens is 1930 g/mol. The maximum atomic E-state index is 12.8. The lowest BCUT2D eigenvalue weighted by Gasteiger charge is -2.09. The Bertz CT molecular complexity index is 8450. The van der Waals surface area contributed by atoms with E-state index >= 15 is 0 Å². The third-order valence-electron chi connectivity index (χ3n) is 20.8. The molecule has 146 heavy (non-hydrogen) atoms. The van der Waals surface area contributed by atoms with E-state index in [2.05, 4.69) is 116 Å². The summed E-state index contributed by atoms with van der Waals surface area (Å²) in [6, 6.07) is 63.3. The van der Waals surface area contributed by atoms with Crippen LogP contribution in [-0.4, -0.2) is 217 Å². The second-order valence-corrected chi connectivity index (χ2v) is 34.4. The number of aromatic nitrogens is 28. The molecule has 17 heterocycles. The van der Waals surface area contributed by atoms with Gasteiger partial charge in [0.1, 0.15) is 36.9 Å². The van der Waals surface area contributed by atoms with Crippen molar-refractivity contribution >= 4 is 67.4 Å². The first-order chi connectivity index (χ1) is 70.9. The zero-order valence-electron chi connectivity index (χ0n) is 77.1. The van der Waals surface area contributed by atoms with Gasteiger partial charge in [0.2, 0.25) is 46.8 Å². The highest BCUT2D eigenvalue weighted by molar-refractivity contribution is 7.97. The smallest absolute Gasteiger partial charge is 0.471 e. The van der Waals surface area contributed by atoms with Crippen molar-refractivity contribution in [3.05, 3.63) is 316 Å². The van der Waals surface area contributed by atoms with Gasteiger partial charge >= 0.3 is 29.8 Å². The number of ether oxygens (including phenoxy) is 4. The minimum Gasteiger partial charge on any atom is -0.491 e. The average Bonchev–Trinajstić information content (AvgIpc) is 1.55. The molecule has 23 aromatic rings. The molecule has 1 amide bonds. The van der Waals surface area contributed by atoms with E-state index in [9.17, 15) is 31.2 Å². The summed E-state index contributed by atoms with van der Waals surface area (Å²) in [5.41, 5.74) is 29.4. The van der Waals surface area contributed by atoms with Gasteiger partial charge in [-0.2, -0.15) is 80.4 Å². The molecule has 0 bridgehead atoms. The average molecular weight is 2010 g/mol. The summed E-state index contributed by atoms with van der Waals surface area (Å²) in [7, 11) is -0.0458. The highest BCUT2D eigenvalue weighted by Gasteiger charge is 2.39. The van der Waals surface area contributed by atoms with Crippen molar-refractivity contribution in [1.82, 2.24) is 138 Å². The van der Waals surface area contributed by atoms with Crippen molar-refractivity contribution in [3.63, 3.8) is 0 Å². The molecule has 17 aromatic heterocycles. The summed E-state index contributed by atoms with van der Waals surface area (Å²) < 4.78 is 117. The van der Waals surface area contributed by atoms with E-state index in [0.29, 0.717) is 101 Å². The van der Waals surface area contributed by atoms with Crippen LogP contribution >= 0.6 is 11.8 Å². The Morgan fingerprint density at radius 1 is 0.384 bits per heavy atom. The number of aliphatic carboxylic acids is 1. The quantitative estimate of drug-likeness (QED) is 0.0402. The van der Waals surface area contributed by atoms with Crippen molar-refractivity contribution in [2.24, 2.45) is 11.5 Å². The maximum absolute atomic E-state index is 12.8. The van der Waals surface area contributed by atoms with Gasteiger partial charge in [0.05, 0.1) is 90.3 Å². The topological polar surface area (TPSA) is 553 Å². The Hall–Kier alpha value is -18.7. The lowest BCUT2D eigenvalue weighted by Crippen LogP contribution is -2.10. The summed E-state index contributed by atoms with van der Waals surface area (Å²) in [6.45, 7) is 2.09. The molecule has 0 atom stereocenters. The summed E-state index contributed by atoms with van der Waals surface area (Å²) in [6.07, 6.45) is 19.3. The van der Waals surface area contributed by atoms with Crippen LogP contribution in [0, 0.1) is 0 Å². The number of amides is 1. The van der Waals surface area contributed by atoms with E-state index in [1.54, 1.807) is 114 Å². The molecule has 0 saturated heterocycles. The van der Waals surface area contributed by atoms with Gasteiger partial charge in [0.25, 0.3) is 0 Å². The van der Waals surface area contributed by atoms with Gasteiger partial charge in [-0.15, -0.1) is 0 Å². The Labute approximate surface area is 825 Å². The number of nitrogens with zero attached hydrogens (tertiary/aromatic N) is 28. The predicted molar refractivity (Wildman–Crippen MR) is 520 cm³/mol. The number of carboxylic acid groups (broad SMARTS) is 1. The second-order valence-electron chi connectivity index (χ2n) is 31.4. The molecule has 0 fully saturated rings. The number of thioether (sulfide) groups is 1. The number of primary amides is 1. The molecule has 44 nitrogen and oxygen atoms in total. The zero-order chi connectivity index (χ0) is 101. The number of carbonyl (C=O) groups is 2. The van der Waals surface area contributed by atoms with Crippen LogP contribution in [0.1, 0.15) is 39.8 Å². The number of methoxy groups -OCH3 is 2. The van der Waals surface area contributed by atoms with E-state index < -0.39 is 33.8 Å². The number of fused-ring (bicyclic) bond motifs is 6. The molecule has 49 heteroatoms. The summed E-state index contributed by atoms with van der Waals surface area (Å²) in [5, 5.41) is 52.9. The zero-order valence-corrected chi connectivity index (χ0v) is 78.7. The van der Waals surface area contributed by atoms with Crippen LogP contribution in [0.25, 0.3) is 158 Å². The molecule has 0 aliphatic heterocycles. The van der Waals surface area contributed by atoms with Crippen LogP contribution in [0.5, 0.6) is 11.5 Å². The number of carbonyl (C=O) groups excluding carboxylic acids is 1. The molecule has 0 spiro atoms. The normalized spacial score (nSPS) is 11.3. The first kappa shape index (κ1) is 97.5. The molecule has 6 aromatic carbocycles. The van der Waals surface area contributed by atoms with Crippen LogP contribution < -0.4 is 20.9 Å². The number of hydrogen-bond acceptors (Lipinski definition) is 37. The van der Waals surface area contributed by atoms with Gasteiger partial charge in [-0.3, -0.25) is 9.59 Å². The van der Waals surface area contributed by atoms with Gasteiger partial charge < -0.3 is 58.1 Å². The predicted octanol–water partition coefficient (Wildman–Crippen LogP) is 14.3. The van der Waals surface area contributed by atoms with E-state index in [4.69, 9.17) is 53.6 Å². The van der Waals surface area contributed by atoms with E-state index in [1.165, 1.54) is 13.2 Å². The van der Waals surface area contributed by atoms with Crippen molar-refractivity contribution in [2.45, 2.75) is 30.6 Å². The molecular formula is C97H79F3N30O14S2. The number of carboxylic acids is 1. The van der Waals surface area contributed by atoms with Gasteiger partial charge in [-0.25, -0.2) is 65.4 Å². The van der Waals surface area contributed by atoms with Crippen molar-refractivity contribution in [1.29, 1.82) is 0 Å².